The van der Waals surface area contributed by atoms with Crippen molar-refractivity contribution < 1.29 is 4.59 Å². The van der Waals surface area contributed by atoms with Gasteiger partial charge in [-0.1, -0.05) is 20.8 Å². The highest BCUT2D eigenvalue weighted by Gasteiger charge is 2.41. The maximum absolute atomic E-state index is 3.51. The molecule has 2 nitrogen and oxygen atoms in total. The first-order valence-corrected chi connectivity index (χ1v) is 4.54. The predicted octanol–water partition coefficient (Wildman–Crippen LogP) is 1.24. The van der Waals surface area contributed by atoms with Crippen LogP contribution in [0.2, 0.25) is 0 Å². The molecule has 1 aliphatic rings. The average molecular weight is 157 g/mol. The molecular weight excluding hydrogens is 136 g/mol. The van der Waals surface area contributed by atoms with Gasteiger partial charge in [0.1, 0.15) is 6.04 Å². The van der Waals surface area contributed by atoms with Gasteiger partial charge in [-0.15, -0.1) is 0 Å². The maximum Gasteiger partial charge on any atom is 0.112 e. The second-order valence-corrected chi connectivity index (χ2v) is 4.61. The molecule has 0 amide bonds. The Morgan fingerprint density at radius 3 is 2.09 bits per heavy atom. The second kappa shape index (κ2) is 2.76. The molecule has 0 radical (unpaired) electrons. The maximum atomic E-state index is 3.51. The Morgan fingerprint density at radius 2 is 1.91 bits per heavy atom. The summed E-state index contributed by atoms with van der Waals surface area (Å²) in [6.07, 6.45) is 0. The highest BCUT2D eigenvalue weighted by atomic mass is 15.7. The normalized spacial score (nSPS) is 36.5. The van der Waals surface area contributed by atoms with Gasteiger partial charge in [-0.25, -0.2) is 4.59 Å². The van der Waals surface area contributed by atoms with Crippen LogP contribution in [0.3, 0.4) is 0 Å². The van der Waals surface area contributed by atoms with Gasteiger partial charge >= 0.3 is 0 Å². The van der Waals surface area contributed by atoms with Crippen LogP contribution in [0.15, 0.2) is 0 Å². The molecule has 1 aliphatic heterocycles. The second-order valence-electron chi connectivity index (χ2n) is 4.61. The molecule has 1 N–H and O–H groups in total. The van der Waals surface area contributed by atoms with Crippen LogP contribution in [0, 0.1) is 11.8 Å². The fourth-order valence-corrected chi connectivity index (χ4v) is 2.64. The standard InChI is InChI=1S/C9H21N2/c1-7(2)9-8(3)6-10-11(9,4)5/h7-10H,6H2,1-5H3/q+1. The van der Waals surface area contributed by atoms with Crippen molar-refractivity contribution in [3.05, 3.63) is 0 Å². The monoisotopic (exact) mass is 157 g/mol. The largest absolute Gasteiger partial charge is 0.248 e. The average Bonchev–Trinajstić information content (AvgIpc) is 2.06. The Kier molecular flexibility index (Phi) is 2.26. The van der Waals surface area contributed by atoms with Gasteiger partial charge in [0.05, 0.1) is 20.6 Å². The third-order valence-corrected chi connectivity index (χ3v) is 2.83. The molecule has 0 spiro atoms. The molecule has 0 aliphatic carbocycles. The lowest BCUT2D eigenvalue weighted by Gasteiger charge is -2.34. The highest BCUT2D eigenvalue weighted by molar-refractivity contribution is 4.74. The van der Waals surface area contributed by atoms with Crippen molar-refractivity contribution in [2.75, 3.05) is 20.6 Å². The fraction of sp³-hybridized carbons (Fsp3) is 1.00. The van der Waals surface area contributed by atoms with Crippen LogP contribution in [0.1, 0.15) is 20.8 Å². The number of rotatable bonds is 1. The molecule has 2 unspecified atom stereocenters. The lowest BCUT2D eigenvalue weighted by atomic mass is 9.92. The van der Waals surface area contributed by atoms with Gasteiger partial charge in [-0.3, -0.25) is 0 Å². The number of nitrogens with one attached hydrogen (secondary N) is 1. The topological polar surface area (TPSA) is 12.0 Å². The summed E-state index contributed by atoms with van der Waals surface area (Å²) in [5, 5.41) is 0. The van der Waals surface area contributed by atoms with Crippen molar-refractivity contribution in [3.63, 3.8) is 0 Å². The molecule has 0 aromatic carbocycles. The first-order chi connectivity index (χ1) is 4.95. The smallest absolute Gasteiger partial charge is 0.112 e. The molecule has 0 bridgehead atoms. The van der Waals surface area contributed by atoms with Crippen LogP contribution in [-0.4, -0.2) is 31.3 Å². The van der Waals surface area contributed by atoms with Gasteiger partial charge < -0.3 is 0 Å². The molecular formula is C9H21N2+. The summed E-state index contributed by atoms with van der Waals surface area (Å²) >= 11 is 0. The van der Waals surface area contributed by atoms with E-state index in [0.717, 1.165) is 29.0 Å². The number of hydrogen-bond donors (Lipinski definition) is 1. The van der Waals surface area contributed by atoms with E-state index in [0.29, 0.717) is 0 Å². The summed E-state index contributed by atoms with van der Waals surface area (Å²) in [5.74, 6) is 1.58. The van der Waals surface area contributed by atoms with Crippen molar-refractivity contribution in [1.29, 1.82) is 0 Å². The molecule has 0 aromatic rings. The summed E-state index contributed by atoms with van der Waals surface area (Å²) in [5.41, 5.74) is 3.51. The van der Waals surface area contributed by atoms with E-state index in [2.05, 4.69) is 40.3 Å². The molecule has 0 aromatic heterocycles. The van der Waals surface area contributed by atoms with Gasteiger partial charge in [-0.2, -0.15) is 5.43 Å². The number of nitrogens with zero attached hydrogens (tertiary/aromatic N) is 1. The lowest BCUT2D eigenvalue weighted by molar-refractivity contribution is -0.948. The zero-order valence-electron chi connectivity index (χ0n) is 8.39. The first-order valence-electron chi connectivity index (χ1n) is 4.54. The van der Waals surface area contributed by atoms with Crippen LogP contribution < -0.4 is 5.43 Å². The number of hydrogen-bond acceptors (Lipinski definition) is 1. The molecule has 2 atom stereocenters. The van der Waals surface area contributed by atoms with E-state index in [1.807, 2.05) is 0 Å². The number of quaternary nitrogens is 1. The SMILES string of the molecule is CC(C)C1C(C)CN[N+]1(C)C. The van der Waals surface area contributed by atoms with Gasteiger partial charge in [0.25, 0.3) is 0 Å². The highest BCUT2D eigenvalue weighted by Crippen LogP contribution is 2.26. The molecule has 1 heterocycles. The Hall–Kier alpha value is -0.0800. The molecule has 1 rings (SSSR count). The quantitative estimate of drug-likeness (QED) is 0.565. The van der Waals surface area contributed by atoms with E-state index in [1.54, 1.807) is 0 Å². The van der Waals surface area contributed by atoms with E-state index in [-0.39, 0.29) is 0 Å². The summed E-state index contributed by atoms with van der Waals surface area (Å²) in [6, 6.07) is 0.773. The fourth-order valence-electron chi connectivity index (χ4n) is 2.64. The Balaban J connectivity index is 2.72. The summed E-state index contributed by atoms with van der Waals surface area (Å²) in [6.45, 7) is 8.13. The zero-order chi connectivity index (χ0) is 8.65. The zero-order valence-corrected chi connectivity index (χ0v) is 8.39. The third-order valence-electron chi connectivity index (χ3n) is 2.83. The van der Waals surface area contributed by atoms with Crippen LogP contribution in [0.25, 0.3) is 0 Å². The molecule has 1 saturated heterocycles. The van der Waals surface area contributed by atoms with Gasteiger partial charge in [0.15, 0.2) is 0 Å². The summed E-state index contributed by atoms with van der Waals surface area (Å²) < 4.78 is 0.985. The molecule has 11 heavy (non-hydrogen) atoms. The van der Waals surface area contributed by atoms with Crippen molar-refractivity contribution in [1.82, 2.24) is 5.43 Å². The van der Waals surface area contributed by atoms with Crippen molar-refractivity contribution in [2.45, 2.75) is 26.8 Å². The van der Waals surface area contributed by atoms with Crippen molar-refractivity contribution in [3.8, 4) is 0 Å². The molecule has 66 valence electrons. The summed E-state index contributed by atoms with van der Waals surface area (Å²) in [4.78, 5) is 0. The van der Waals surface area contributed by atoms with E-state index >= 15 is 0 Å². The van der Waals surface area contributed by atoms with Crippen molar-refractivity contribution in [2.24, 2.45) is 11.8 Å². The lowest BCUT2D eigenvalue weighted by Crippen LogP contribution is -2.54. The Bertz CT molecular complexity index is 140. The van der Waals surface area contributed by atoms with E-state index in [4.69, 9.17) is 0 Å². The van der Waals surface area contributed by atoms with E-state index in [1.165, 1.54) is 0 Å². The summed E-state index contributed by atoms with van der Waals surface area (Å²) in [7, 11) is 4.52. The Labute approximate surface area is 70.1 Å². The molecule has 1 fully saturated rings. The van der Waals surface area contributed by atoms with Gasteiger partial charge in [0.2, 0.25) is 0 Å². The predicted molar refractivity (Wildman–Crippen MR) is 47.9 cm³/mol. The third kappa shape index (κ3) is 1.57. The minimum absolute atomic E-state index is 0.773. The Morgan fingerprint density at radius 1 is 1.36 bits per heavy atom. The minimum Gasteiger partial charge on any atom is -0.248 e. The molecule has 0 saturated carbocycles. The van der Waals surface area contributed by atoms with Crippen LogP contribution in [0.5, 0.6) is 0 Å². The van der Waals surface area contributed by atoms with Gasteiger partial charge in [0, 0.05) is 11.8 Å². The van der Waals surface area contributed by atoms with Crippen molar-refractivity contribution >= 4 is 0 Å². The van der Waals surface area contributed by atoms with E-state index in [9.17, 15) is 0 Å². The first kappa shape index (κ1) is 9.01. The van der Waals surface area contributed by atoms with E-state index < -0.39 is 0 Å². The molecule has 2 heteroatoms. The minimum atomic E-state index is 0.773. The van der Waals surface area contributed by atoms with Gasteiger partial charge in [-0.05, 0) is 0 Å². The van der Waals surface area contributed by atoms with Crippen LogP contribution >= 0.6 is 0 Å². The van der Waals surface area contributed by atoms with Crippen LogP contribution in [-0.2, 0) is 0 Å². The van der Waals surface area contributed by atoms with Crippen LogP contribution in [0.4, 0.5) is 0 Å².